The summed E-state index contributed by atoms with van der Waals surface area (Å²) in [6, 6.07) is 12.4. The van der Waals surface area contributed by atoms with Crippen LogP contribution in [0.2, 0.25) is 0 Å². The highest BCUT2D eigenvalue weighted by molar-refractivity contribution is 5.89. The van der Waals surface area contributed by atoms with E-state index < -0.39 is 5.82 Å². The van der Waals surface area contributed by atoms with Crippen molar-refractivity contribution in [1.82, 2.24) is 10.2 Å². The first kappa shape index (κ1) is 19.3. The summed E-state index contributed by atoms with van der Waals surface area (Å²) < 4.78 is 26.5. The van der Waals surface area contributed by atoms with Gasteiger partial charge in [0.1, 0.15) is 11.6 Å². The quantitative estimate of drug-likeness (QED) is 0.803. The van der Waals surface area contributed by atoms with Crippen molar-refractivity contribution in [1.29, 1.82) is 0 Å². The van der Waals surface area contributed by atoms with Crippen LogP contribution >= 0.6 is 0 Å². The minimum Gasteiger partial charge on any atom is -0.338 e. The maximum Gasteiger partial charge on any atom is 0.319 e. The van der Waals surface area contributed by atoms with Gasteiger partial charge in [-0.15, -0.1) is 0 Å². The lowest BCUT2D eigenvalue weighted by molar-refractivity contribution is 0.184. The second kappa shape index (κ2) is 9.46. The lowest BCUT2D eigenvalue weighted by Gasteiger charge is -2.32. The van der Waals surface area contributed by atoms with Gasteiger partial charge in [-0.05, 0) is 68.1 Å². The van der Waals surface area contributed by atoms with Gasteiger partial charge in [-0.2, -0.15) is 0 Å². The first-order valence-corrected chi connectivity index (χ1v) is 9.36. The molecule has 1 aliphatic heterocycles. The standard InChI is InChI=1S/C21H25F2N3O/c22-18-7-5-16(6-8-18)9-12-26-13-10-17(11-14-26)15-24-21(27)25-20-4-2-1-3-19(20)23/h1-8,17H,9-15H2,(H2,24,25,27). The summed E-state index contributed by atoms with van der Waals surface area (Å²) in [5, 5.41) is 5.37. The van der Waals surface area contributed by atoms with Gasteiger partial charge in [0.25, 0.3) is 0 Å². The van der Waals surface area contributed by atoms with Crippen LogP contribution < -0.4 is 10.6 Å². The van der Waals surface area contributed by atoms with Gasteiger partial charge in [-0.1, -0.05) is 24.3 Å². The number of hydrogen-bond acceptors (Lipinski definition) is 2. The van der Waals surface area contributed by atoms with Crippen molar-refractivity contribution >= 4 is 11.7 Å². The Hall–Kier alpha value is -2.47. The van der Waals surface area contributed by atoms with Crippen LogP contribution in [0.3, 0.4) is 0 Å². The third-order valence-corrected chi connectivity index (χ3v) is 5.01. The van der Waals surface area contributed by atoms with Crippen LogP contribution in [0.4, 0.5) is 19.3 Å². The molecule has 0 aromatic heterocycles. The molecule has 2 amide bonds. The Bertz CT molecular complexity index is 743. The van der Waals surface area contributed by atoms with Crippen LogP contribution in [0.5, 0.6) is 0 Å². The van der Waals surface area contributed by atoms with Gasteiger partial charge >= 0.3 is 6.03 Å². The van der Waals surface area contributed by atoms with Gasteiger partial charge in [0.2, 0.25) is 0 Å². The fourth-order valence-electron chi connectivity index (χ4n) is 3.32. The summed E-state index contributed by atoms with van der Waals surface area (Å²) >= 11 is 0. The number of benzene rings is 2. The summed E-state index contributed by atoms with van der Waals surface area (Å²) in [5.41, 5.74) is 1.33. The second-order valence-corrected chi connectivity index (χ2v) is 6.98. The molecule has 4 nitrogen and oxygen atoms in total. The Labute approximate surface area is 158 Å². The highest BCUT2D eigenvalue weighted by atomic mass is 19.1. The summed E-state index contributed by atoms with van der Waals surface area (Å²) in [4.78, 5) is 14.3. The first-order chi connectivity index (χ1) is 13.1. The molecular formula is C21H25F2N3O. The first-order valence-electron chi connectivity index (χ1n) is 9.36. The predicted octanol–water partition coefficient (Wildman–Crippen LogP) is 4.04. The fraction of sp³-hybridized carbons (Fsp3) is 0.381. The van der Waals surface area contributed by atoms with Crippen molar-refractivity contribution in [3.8, 4) is 0 Å². The molecule has 0 spiro atoms. The van der Waals surface area contributed by atoms with E-state index in [2.05, 4.69) is 15.5 Å². The smallest absolute Gasteiger partial charge is 0.319 e. The van der Waals surface area contributed by atoms with Gasteiger partial charge in [0, 0.05) is 13.1 Å². The molecule has 0 saturated carbocycles. The van der Waals surface area contributed by atoms with Crippen molar-refractivity contribution in [2.75, 3.05) is 31.5 Å². The number of hydrogen-bond donors (Lipinski definition) is 2. The molecule has 144 valence electrons. The average Bonchev–Trinajstić information content (AvgIpc) is 2.68. The molecule has 0 aliphatic carbocycles. The van der Waals surface area contributed by atoms with E-state index in [0.717, 1.165) is 44.5 Å². The largest absolute Gasteiger partial charge is 0.338 e. The van der Waals surface area contributed by atoms with Gasteiger partial charge in [-0.3, -0.25) is 0 Å². The van der Waals surface area contributed by atoms with E-state index >= 15 is 0 Å². The third kappa shape index (κ3) is 6.03. The maximum absolute atomic E-state index is 13.5. The van der Waals surface area contributed by atoms with E-state index in [4.69, 9.17) is 0 Å². The SMILES string of the molecule is O=C(NCC1CCN(CCc2ccc(F)cc2)CC1)Nc1ccccc1F. The van der Waals surface area contributed by atoms with Crippen LogP contribution in [0.25, 0.3) is 0 Å². The van der Waals surface area contributed by atoms with Crippen LogP contribution in [-0.2, 0) is 6.42 Å². The van der Waals surface area contributed by atoms with E-state index in [9.17, 15) is 13.6 Å². The molecule has 0 unspecified atom stereocenters. The Kier molecular flexibility index (Phi) is 6.76. The molecule has 2 aromatic rings. The van der Waals surface area contributed by atoms with Crippen LogP contribution in [0.15, 0.2) is 48.5 Å². The Morgan fingerprint density at radius 2 is 1.74 bits per heavy atom. The number of nitrogens with one attached hydrogen (secondary N) is 2. The Balaban J connectivity index is 1.34. The van der Waals surface area contributed by atoms with E-state index in [-0.39, 0.29) is 17.5 Å². The normalized spacial score (nSPS) is 15.5. The molecule has 2 aromatic carbocycles. The highest BCUT2D eigenvalue weighted by Crippen LogP contribution is 2.17. The monoisotopic (exact) mass is 373 g/mol. The van der Waals surface area contributed by atoms with Crippen LogP contribution in [-0.4, -0.2) is 37.1 Å². The maximum atomic E-state index is 13.5. The number of urea groups is 1. The van der Waals surface area contributed by atoms with E-state index in [1.54, 1.807) is 12.1 Å². The summed E-state index contributed by atoms with van der Waals surface area (Å²) in [7, 11) is 0. The van der Waals surface area contributed by atoms with Crippen molar-refractivity contribution in [3.63, 3.8) is 0 Å². The van der Waals surface area contributed by atoms with E-state index in [1.807, 2.05) is 12.1 Å². The van der Waals surface area contributed by atoms with Crippen molar-refractivity contribution in [2.24, 2.45) is 5.92 Å². The molecule has 6 heteroatoms. The van der Waals surface area contributed by atoms with Gasteiger partial charge in [0.05, 0.1) is 5.69 Å². The minimum absolute atomic E-state index is 0.186. The number of piperidine rings is 1. The molecular weight excluding hydrogens is 348 g/mol. The number of amides is 2. The molecule has 1 fully saturated rings. The molecule has 0 bridgehead atoms. The zero-order valence-corrected chi connectivity index (χ0v) is 15.3. The molecule has 3 rings (SSSR count). The zero-order valence-electron chi connectivity index (χ0n) is 15.3. The lowest BCUT2D eigenvalue weighted by Crippen LogP contribution is -2.40. The lowest BCUT2D eigenvalue weighted by atomic mass is 9.96. The minimum atomic E-state index is -0.442. The predicted molar refractivity (Wildman–Crippen MR) is 103 cm³/mol. The summed E-state index contributed by atoms with van der Waals surface area (Å²) in [6.45, 7) is 3.52. The number of carbonyl (C=O) groups excluding carboxylic acids is 1. The number of rotatable bonds is 6. The Morgan fingerprint density at radius 3 is 2.44 bits per heavy atom. The third-order valence-electron chi connectivity index (χ3n) is 5.01. The number of nitrogens with zero attached hydrogens (tertiary/aromatic N) is 1. The second-order valence-electron chi connectivity index (χ2n) is 6.98. The molecule has 27 heavy (non-hydrogen) atoms. The molecule has 0 radical (unpaired) electrons. The number of carbonyl (C=O) groups is 1. The van der Waals surface area contributed by atoms with Crippen LogP contribution in [0, 0.1) is 17.6 Å². The molecule has 2 N–H and O–H groups in total. The van der Waals surface area contributed by atoms with Crippen molar-refractivity contribution in [2.45, 2.75) is 19.3 Å². The Morgan fingerprint density at radius 1 is 1.04 bits per heavy atom. The van der Waals surface area contributed by atoms with Gasteiger partial charge < -0.3 is 15.5 Å². The molecule has 1 saturated heterocycles. The van der Waals surface area contributed by atoms with Crippen LogP contribution in [0.1, 0.15) is 18.4 Å². The van der Waals surface area contributed by atoms with Gasteiger partial charge in [0.15, 0.2) is 0 Å². The van der Waals surface area contributed by atoms with Crippen molar-refractivity contribution < 1.29 is 13.6 Å². The number of halogens is 2. The molecule has 1 aliphatic rings. The van der Waals surface area contributed by atoms with E-state index in [0.29, 0.717) is 12.5 Å². The van der Waals surface area contributed by atoms with E-state index in [1.165, 1.54) is 24.3 Å². The average molecular weight is 373 g/mol. The summed E-state index contributed by atoms with van der Waals surface area (Å²) in [5.74, 6) is -0.216. The number of anilines is 1. The zero-order chi connectivity index (χ0) is 19.1. The highest BCUT2D eigenvalue weighted by Gasteiger charge is 2.19. The van der Waals surface area contributed by atoms with Gasteiger partial charge in [-0.25, -0.2) is 13.6 Å². The topological polar surface area (TPSA) is 44.4 Å². The fourth-order valence-corrected chi connectivity index (χ4v) is 3.32. The summed E-state index contributed by atoms with van der Waals surface area (Å²) in [6.07, 6.45) is 2.95. The number of para-hydroxylation sites is 1. The number of likely N-dealkylation sites (tertiary alicyclic amines) is 1. The molecule has 1 heterocycles. The molecule has 0 atom stereocenters. The van der Waals surface area contributed by atoms with Crippen molar-refractivity contribution in [3.05, 3.63) is 65.7 Å².